The normalized spacial score (nSPS) is 20.7. The summed E-state index contributed by atoms with van der Waals surface area (Å²) in [6, 6.07) is 2.52. The SMILES string of the molecule is O=C1O[C@@H](O)Cn2ccc(=O)cc21. The number of fused-ring (bicyclic) bond motifs is 1. The van der Waals surface area contributed by atoms with Crippen LogP contribution >= 0.6 is 0 Å². The molecule has 1 aromatic rings. The van der Waals surface area contributed by atoms with E-state index in [9.17, 15) is 9.59 Å². The molecule has 5 heteroatoms. The first-order valence-electron chi connectivity index (χ1n) is 3.76. The maximum Gasteiger partial charge on any atom is 0.357 e. The van der Waals surface area contributed by atoms with E-state index in [-0.39, 0.29) is 17.7 Å². The van der Waals surface area contributed by atoms with E-state index in [0.717, 1.165) is 0 Å². The second-order valence-corrected chi connectivity index (χ2v) is 2.76. The molecule has 0 spiro atoms. The molecule has 68 valence electrons. The summed E-state index contributed by atoms with van der Waals surface area (Å²) in [5.41, 5.74) is -0.0719. The van der Waals surface area contributed by atoms with Crippen molar-refractivity contribution < 1.29 is 14.6 Å². The van der Waals surface area contributed by atoms with Gasteiger partial charge in [-0.1, -0.05) is 0 Å². The average molecular weight is 181 g/mol. The highest BCUT2D eigenvalue weighted by atomic mass is 16.6. The Labute approximate surface area is 73.2 Å². The molecule has 1 N–H and O–H groups in total. The van der Waals surface area contributed by atoms with Crippen LogP contribution in [0.25, 0.3) is 0 Å². The summed E-state index contributed by atoms with van der Waals surface area (Å²) in [4.78, 5) is 22.0. The van der Waals surface area contributed by atoms with Crippen molar-refractivity contribution in [3.63, 3.8) is 0 Å². The van der Waals surface area contributed by atoms with Crippen molar-refractivity contribution in [1.82, 2.24) is 4.57 Å². The van der Waals surface area contributed by atoms with Crippen LogP contribution in [-0.2, 0) is 11.3 Å². The van der Waals surface area contributed by atoms with Crippen molar-refractivity contribution in [1.29, 1.82) is 0 Å². The molecule has 1 aliphatic rings. The number of nitrogens with zero attached hydrogens (tertiary/aromatic N) is 1. The smallest absolute Gasteiger partial charge is 0.357 e. The van der Waals surface area contributed by atoms with Gasteiger partial charge in [-0.25, -0.2) is 4.79 Å². The summed E-state index contributed by atoms with van der Waals surface area (Å²) in [6.45, 7) is 0.168. The molecule has 0 fully saturated rings. The Morgan fingerprint density at radius 3 is 3.08 bits per heavy atom. The van der Waals surface area contributed by atoms with E-state index < -0.39 is 12.3 Å². The first kappa shape index (κ1) is 8.00. The molecular weight excluding hydrogens is 174 g/mol. The van der Waals surface area contributed by atoms with E-state index >= 15 is 0 Å². The number of carbonyl (C=O) groups excluding carboxylic acids is 1. The zero-order valence-electron chi connectivity index (χ0n) is 6.64. The Bertz CT molecular complexity index is 409. The van der Waals surface area contributed by atoms with Crippen LogP contribution in [0.5, 0.6) is 0 Å². The van der Waals surface area contributed by atoms with E-state index in [1.165, 1.54) is 22.9 Å². The Hall–Kier alpha value is -1.62. The molecule has 1 atom stereocenters. The first-order chi connectivity index (χ1) is 6.16. The minimum Gasteiger partial charge on any atom is -0.429 e. The molecule has 0 aromatic carbocycles. The fourth-order valence-electron chi connectivity index (χ4n) is 1.23. The fraction of sp³-hybridized carbons (Fsp3) is 0.250. The molecular formula is C8H7NO4. The predicted octanol–water partition coefficient (Wildman–Crippen LogP) is -0.663. The molecule has 0 amide bonds. The Balaban J connectivity index is 2.56. The molecule has 1 aliphatic heterocycles. The van der Waals surface area contributed by atoms with Crippen LogP contribution in [-0.4, -0.2) is 21.9 Å². The lowest BCUT2D eigenvalue weighted by atomic mass is 10.3. The van der Waals surface area contributed by atoms with Crippen LogP contribution in [0.4, 0.5) is 0 Å². The van der Waals surface area contributed by atoms with E-state index in [0.29, 0.717) is 0 Å². The van der Waals surface area contributed by atoms with Gasteiger partial charge >= 0.3 is 5.97 Å². The van der Waals surface area contributed by atoms with Crippen molar-refractivity contribution in [3.05, 3.63) is 34.2 Å². The summed E-state index contributed by atoms with van der Waals surface area (Å²) >= 11 is 0. The van der Waals surface area contributed by atoms with Crippen molar-refractivity contribution in [2.75, 3.05) is 0 Å². The average Bonchev–Trinajstić information content (AvgIpc) is 2.06. The van der Waals surface area contributed by atoms with Crippen molar-refractivity contribution in [2.24, 2.45) is 0 Å². The number of rotatable bonds is 0. The van der Waals surface area contributed by atoms with Gasteiger partial charge in [0.2, 0.25) is 6.29 Å². The number of pyridine rings is 1. The van der Waals surface area contributed by atoms with Gasteiger partial charge in [0.25, 0.3) is 0 Å². The minimum atomic E-state index is -1.12. The predicted molar refractivity (Wildman–Crippen MR) is 42.1 cm³/mol. The van der Waals surface area contributed by atoms with Gasteiger partial charge in [-0.3, -0.25) is 4.79 Å². The molecule has 0 unspecified atom stereocenters. The molecule has 0 aliphatic carbocycles. The standard InChI is InChI=1S/C8H7NO4/c10-5-1-2-9-4-7(11)13-8(12)6(9)3-5/h1-3,7,11H,4H2/t7-/m1/s1. The maximum absolute atomic E-state index is 11.1. The second-order valence-electron chi connectivity index (χ2n) is 2.76. The van der Waals surface area contributed by atoms with Gasteiger partial charge in [-0.15, -0.1) is 0 Å². The Morgan fingerprint density at radius 1 is 1.54 bits per heavy atom. The molecule has 13 heavy (non-hydrogen) atoms. The monoisotopic (exact) mass is 181 g/mol. The topological polar surface area (TPSA) is 68.5 Å². The maximum atomic E-state index is 11.1. The van der Waals surface area contributed by atoms with Crippen LogP contribution in [0.2, 0.25) is 0 Å². The summed E-state index contributed by atoms with van der Waals surface area (Å²) in [7, 11) is 0. The largest absolute Gasteiger partial charge is 0.429 e. The number of ether oxygens (including phenoxy) is 1. The molecule has 0 saturated heterocycles. The lowest BCUT2D eigenvalue weighted by Crippen LogP contribution is -2.33. The van der Waals surface area contributed by atoms with Crippen molar-refractivity contribution >= 4 is 5.97 Å². The molecule has 0 saturated carbocycles. The number of esters is 1. The van der Waals surface area contributed by atoms with E-state index in [1.807, 2.05) is 0 Å². The molecule has 2 rings (SSSR count). The second kappa shape index (κ2) is 2.70. The highest BCUT2D eigenvalue weighted by Gasteiger charge is 2.23. The van der Waals surface area contributed by atoms with Crippen LogP contribution in [0.3, 0.4) is 0 Å². The lowest BCUT2D eigenvalue weighted by Gasteiger charge is -2.22. The fourth-order valence-corrected chi connectivity index (χ4v) is 1.23. The lowest BCUT2D eigenvalue weighted by molar-refractivity contribution is -0.0834. The van der Waals surface area contributed by atoms with E-state index in [4.69, 9.17) is 5.11 Å². The molecule has 0 bridgehead atoms. The number of aliphatic hydroxyl groups is 1. The number of cyclic esters (lactones) is 1. The highest BCUT2D eigenvalue weighted by molar-refractivity contribution is 5.88. The third-order valence-electron chi connectivity index (χ3n) is 1.81. The summed E-state index contributed by atoms with van der Waals surface area (Å²) in [5.74, 6) is -0.670. The van der Waals surface area contributed by atoms with Crippen molar-refractivity contribution in [2.45, 2.75) is 12.8 Å². The van der Waals surface area contributed by atoms with Crippen molar-refractivity contribution in [3.8, 4) is 0 Å². The summed E-state index contributed by atoms with van der Waals surface area (Å²) in [5, 5.41) is 9.05. The first-order valence-corrected chi connectivity index (χ1v) is 3.76. The molecule has 1 aromatic heterocycles. The Morgan fingerprint density at radius 2 is 2.31 bits per heavy atom. The third-order valence-corrected chi connectivity index (χ3v) is 1.81. The molecule has 2 heterocycles. The van der Waals surface area contributed by atoms with Gasteiger partial charge in [-0.2, -0.15) is 0 Å². The quantitative estimate of drug-likeness (QED) is 0.539. The van der Waals surface area contributed by atoms with Gasteiger partial charge in [-0.05, 0) is 0 Å². The molecule has 0 radical (unpaired) electrons. The highest BCUT2D eigenvalue weighted by Crippen LogP contribution is 2.09. The van der Waals surface area contributed by atoms with Gasteiger partial charge in [0.1, 0.15) is 5.69 Å². The third kappa shape index (κ3) is 1.33. The van der Waals surface area contributed by atoms with Gasteiger partial charge in [0.05, 0.1) is 6.54 Å². The zero-order chi connectivity index (χ0) is 9.42. The Kier molecular flexibility index (Phi) is 1.66. The van der Waals surface area contributed by atoms with E-state index in [1.54, 1.807) is 0 Å². The molecule has 5 nitrogen and oxygen atoms in total. The van der Waals surface area contributed by atoms with Gasteiger partial charge in [0, 0.05) is 18.3 Å². The zero-order valence-corrected chi connectivity index (χ0v) is 6.64. The van der Waals surface area contributed by atoms with Crippen LogP contribution < -0.4 is 5.43 Å². The minimum absolute atomic E-state index is 0.168. The number of aromatic nitrogens is 1. The summed E-state index contributed by atoms with van der Waals surface area (Å²) < 4.78 is 6.01. The van der Waals surface area contributed by atoms with Crippen LogP contribution in [0.15, 0.2) is 23.1 Å². The number of hydrogen-bond acceptors (Lipinski definition) is 4. The van der Waals surface area contributed by atoms with E-state index in [2.05, 4.69) is 4.74 Å². The number of carbonyl (C=O) groups is 1. The van der Waals surface area contributed by atoms with Gasteiger partial charge < -0.3 is 14.4 Å². The number of aliphatic hydroxyl groups excluding tert-OH is 1. The summed E-state index contributed by atoms with van der Waals surface area (Å²) in [6.07, 6.45) is 0.337. The van der Waals surface area contributed by atoms with Crippen LogP contribution in [0.1, 0.15) is 10.5 Å². The van der Waals surface area contributed by atoms with Crippen LogP contribution in [0, 0.1) is 0 Å². The van der Waals surface area contributed by atoms with Gasteiger partial charge in [0.15, 0.2) is 5.43 Å². The number of hydrogen-bond donors (Lipinski definition) is 1.